The van der Waals surface area contributed by atoms with Crippen molar-refractivity contribution < 1.29 is 13.9 Å². The molecule has 0 fully saturated rings. The average Bonchev–Trinajstić information content (AvgIpc) is 3.37. The lowest BCUT2D eigenvalue weighted by molar-refractivity contribution is 0.0982. The number of carbonyl (C=O) groups excluding carboxylic acids is 1. The molecule has 0 aliphatic carbocycles. The molecule has 0 spiro atoms. The van der Waals surface area contributed by atoms with E-state index in [0.717, 1.165) is 35.3 Å². The molecule has 1 heterocycles. The van der Waals surface area contributed by atoms with Gasteiger partial charge in [-0.2, -0.15) is 5.10 Å². The van der Waals surface area contributed by atoms with Gasteiger partial charge in [0.2, 0.25) is 5.13 Å². The van der Waals surface area contributed by atoms with Gasteiger partial charge in [0.1, 0.15) is 29.0 Å². The topological polar surface area (TPSA) is 132 Å². The number of halogens is 1. The number of aryl methyl sites for hydroxylation is 2. The molecule has 9 nitrogen and oxygen atoms in total. The monoisotopic (exact) mass is 527 g/mol. The number of hydrogen-bond donors (Lipinski definition) is 3. The van der Waals surface area contributed by atoms with Crippen LogP contribution >= 0.6 is 11.3 Å². The molecule has 0 atom stereocenters. The summed E-state index contributed by atoms with van der Waals surface area (Å²) in [6.07, 6.45) is 2.23. The zero-order chi connectivity index (χ0) is 26.8. The summed E-state index contributed by atoms with van der Waals surface area (Å²) in [5.74, 6) is 5.38. The van der Waals surface area contributed by atoms with Crippen LogP contribution in [0.15, 0.2) is 41.5 Å². The van der Waals surface area contributed by atoms with Gasteiger partial charge in [0.25, 0.3) is 5.91 Å². The zero-order valence-corrected chi connectivity index (χ0v) is 22.3. The molecular formula is C26H34FN7O2S. The van der Waals surface area contributed by atoms with Crippen LogP contribution in [0, 0.1) is 19.7 Å². The summed E-state index contributed by atoms with van der Waals surface area (Å²) in [5, 5.41) is 16.4. The largest absolute Gasteiger partial charge is 0.492 e. The number of benzene rings is 2. The average molecular weight is 528 g/mol. The number of aromatic nitrogens is 2. The Labute approximate surface area is 220 Å². The summed E-state index contributed by atoms with van der Waals surface area (Å²) < 4.78 is 20.3. The van der Waals surface area contributed by atoms with Crippen molar-refractivity contribution in [1.82, 2.24) is 15.5 Å². The predicted molar refractivity (Wildman–Crippen MR) is 147 cm³/mol. The molecule has 5 N–H and O–H groups in total. The van der Waals surface area contributed by atoms with E-state index in [4.69, 9.17) is 16.3 Å². The van der Waals surface area contributed by atoms with Crippen molar-refractivity contribution in [3.63, 3.8) is 0 Å². The first kappa shape index (κ1) is 28.0. The van der Waals surface area contributed by atoms with Gasteiger partial charge < -0.3 is 21.6 Å². The minimum absolute atomic E-state index is 0.0222. The third-order valence-electron chi connectivity index (χ3n) is 5.69. The Morgan fingerprint density at radius 1 is 1.19 bits per heavy atom. The number of nitrogens with two attached hydrogens (primary N) is 2. The number of nitrogens with one attached hydrogen (secondary N) is 1. The number of ether oxygens (including phenoxy) is 1. The van der Waals surface area contributed by atoms with E-state index < -0.39 is 11.7 Å². The maximum absolute atomic E-state index is 14.3. The normalized spacial score (nSPS) is 11.5. The summed E-state index contributed by atoms with van der Waals surface area (Å²) in [6, 6.07) is 9.98. The highest BCUT2D eigenvalue weighted by Crippen LogP contribution is 2.34. The molecule has 0 radical (unpaired) electrons. The van der Waals surface area contributed by atoms with Crippen LogP contribution in [0.5, 0.6) is 5.75 Å². The van der Waals surface area contributed by atoms with Crippen LogP contribution in [0.4, 0.5) is 9.52 Å². The van der Waals surface area contributed by atoms with E-state index in [2.05, 4.69) is 20.6 Å². The highest BCUT2D eigenvalue weighted by molar-refractivity contribution is 7.18. The van der Waals surface area contributed by atoms with Crippen molar-refractivity contribution in [3.8, 4) is 16.3 Å². The quantitative estimate of drug-likeness (QED) is 0.101. The van der Waals surface area contributed by atoms with E-state index in [1.54, 1.807) is 12.1 Å². The number of anilines is 1. The molecular weight excluding hydrogens is 493 g/mol. The van der Waals surface area contributed by atoms with Crippen molar-refractivity contribution >= 4 is 28.2 Å². The molecule has 2 aromatic carbocycles. The number of hydrogen-bond acceptors (Lipinski definition) is 8. The van der Waals surface area contributed by atoms with E-state index in [9.17, 15) is 9.18 Å². The van der Waals surface area contributed by atoms with Crippen LogP contribution in [-0.2, 0) is 0 Å². The minimum atomic E-state index is -0.552. The van der Waals surface area contributed by atoms with Gasteiger partial charge in [-0.1, -0.05) is 36.8 Å². The van der Waals surface area contributed by atoms with Gasteiger partial charge in [-0.15, -0.1) is 10.2 Å². The molecule has 0 bridgehead atoms. The van der Waals surface area contributed by atoms with Crippen LogP contribution in [0.2, 0.25) is 0 Å². The van der Waals surface area contributed by atoms with Crippen LogP contribution in [0.3, 0.4) is 0 Å². The number of amides is 1. The highest BCUT2D eigenvalue weighted by atomic mass is 32.1. The van der Waals surface area contributed by atoms with Crippen molar-refractivity contribution in [2.45, 2.75) is 40.0 Å². The molecule has 0 aliphatic heterocycles. The van der Waals surface area contributed by atoms with Gasteiger partial charge >= 0.3 is 0 Å². The van der Waals surface area contributed by atoms with Gasteiger partial charge in [-0.3, -0.25) is 9.69 Å². The van der Waals surface area contributed by atoms with Crippen molar-refractivity contribution in [2.75, 3.05) is 31.1 Å². The van der Waals surface area contributed by atoms with Gasteiger partial charge in [0.15, 0.2) is 0 Å². The van der Waals surface area contributed by atoms with Gasteiger partial charge in [-0.25, -0.2) is 4.39 Å². The lowest BCUT2D eigenvalue weighted by Gasteiger charge is -2.19. The van der Waals surface area contributed by atoms with Crippen LogP contribution in [-0.4, -0.2) is 48.2 Å². The van der Waals surface area contributed by atoms with Crippen LogP contribution < -0.4 is 26.5 Å². The second-order valence-corrected chi connectivity index (χ2v) is 9.54. The third kappa shape index (κ3) is 7.46. The number of nitrogens with zero attached hydrogens (tertiary/aromatic N) is 4. The second-order valence-electron chi connectivity index (χ2n) is 8.59. The minimum Gasteiger partial charge on any atom is -0.492 e. The van der Waals surface area contributed by atoms with Crippen molar-refractivity contribution in [3.05, 3.63) is 58.9 Å². The molecule has 0 saturated heterocycles. The molecule has 37 heavy (non-hydrogen) atoms. The van der Waals surface area contributed by atoms with E-state index in [1.165, 1.54) is 28.4 Å². The molecule has 0 aliphatic rings. The highest BCUT2D eigenvalue weighted by Gasteiger charge is 2.24. The summed E-state index contributed by atoms with van der Waals surface area (Å²) in [7, 11) is 0. The van der Waals surface area contributed by atoms with Gasteiger partial charge in [0, 0.05) is 31.6 Å². The molecule has 1 amide bonds. The number of carbonyl (C=O) groups is 1. The van der Waals surface area contributed by atoms with E-state index in [-0.39, 0.29) is 5.56 Å². The first-order valence-corrected chi connectivity index (χ1v) is 13.0. The maximum Gasteiger partial charge on any atom is 0.263 e. The fourth-order valence-electron chi connectivity index (χ4n) is 3.75. The first-order valence-electron chi connectivity index (χ1n) is 12.2. The Bertz CT molecular complexity index is 1210. The summed E-state index contributed by atoms with van der Waals surface area (Å²) in [6.45, 7) is 8.25. The molecule has 3 aromatic rings. The van der Waals surface area contributed by atoms with E-state index in [1.807, 2.05) is 32.9 Å². The lowest BCUT2D eigenvalue weighted by atomic mass is 10.1. The summed E-state index contributed by atoms with van der Waals surface area (Å²) >= 11 is 1.31. The fraction of sp³-hybridized carbons (Fsp3) is 0.385. The van der Waals surface area contributed by atoms with Crippen LogP contribution in [0.1, 0.15) is 47.7 Å². The van der Waals surface area contributed by atoms with Crippen LogP contribution in [0.25, 0.3) is 10.6 Å². The number of rotatable bonds is 13. The molecule has 198 valence electrons. The number of amidine groups is 1. The molecule has 3 rings (SSSR count). The number of hydrazone groups is 1. The lowest BCUT2D eigenvalue weighted by Crippen LogP contribution is -2.32. The predicted octanol–water partition coefficient (Wildman–Crippen LogP) is 4.00. The van der Waals surface area contributed by atoms with Gasteiger partial charge in [0.05, 0.1) is 5.56 Å². The SMILES string of the molecule is CCCCN(C(=O)c1ccccc1F)c1nnc(-c2cc(C)c(OCCNCC/C(N)=N/N)c(C)c2)s1. The molecule has 0 saturated carbocycles. The molecule has 1 aromatic heterocycles. The Morgan fingerprint density at radius 3 is 2.59 bits per heavy atom. The fourth-order valence-corrected chi connectivity index (χ4v) is 4.61. The smallest absolute Gasteiger partial charge is 0.263 e. The third-order valence-corrected chi connectivity index (χ3v) is 6.68. The summed E-state index contributed by atoms with van der Waals surface area (Å²) in [4.78, 5) is 14.7. The van der Waals surface area contributed by atoms with Gasteiger partial charge in [-0.05, 0) is 55.7 Å². The Hall–Kier alpha value is -3.57. The van der Waals surface area contributed by atoms with Crippen molar-refractivity contribution in [2.24, 2.45) is 16.7 Å². The Morgan fingerprint density at radius 2 is 1.92 bits per heavy atom. The van der Waals surface area contributed by atoms with E-state index >= 15 is 0 Å². The number of unbranched alkanes of at least 4 members (excludes halogenated alkanes) is 1. The first-order chi connectivity index (χ1) is 17.8. The zero-order valence-electron chi connectivity index (χ0n) is 21.5. The second kappa shape index (κ2) is 13.7. The Kier molecular flexibility index (Phi) is 10.3. The van der Waals surface area contributed by atoms with Crippen molar-refractivity contribution in [1.29, 1.82) is 0 Å². The molecule has 0 unspecified atom stereocenters. The Balaban J connectivity index is 1.72. The van der Waals surface area contributed by atoms with E-state index in [0.29, 0.717) is 48.6 Å². The maximum atomic E-state index is 14.3. The molecule has 11 heteroatoms. The standard InChI is InChI=1S/C26H34FN7O2S/c1-4-5-13-34(25(35)20-8-6-7-9-21(20)27)26-33-32-24(37-26)19-15-17(2)23(18(3)16-19)36-14-12-30-11-10-22(28)31-29/h6-9,15-16,30H,4-5,10-14,29H2,1-3H3,(H2,28,31). The summed E-state index contributed by atoms with van der Waals surface area (Å²) in [5.41, 5.74) is 8.42.